The van der Waals surface area contributed by atoms with Gasteiger partial charge < -0.3 is 4.74 Å². The Morgan fingerprint density at radius 3 is 2.65 bits per heavy atom. The van der Waals surface area contributed by atoms with Crippen LogP contribution in [0.4, 0.5) is 4.39 Å². The molecule has 0 amide bonds. The van der Waals surface area contributed by atoms with Gasteiger partial charge in [-0.3, -0.25) is 0 Å². The van der Waals surface area contributed by atoms with Crippen molar-refractivity contribution in [3.8, 4) is 6.07 Å². The first-order valence-electron chi connectivity index (χ1n) is 6.23. The van der Waals surface area contributed by atoms with E-state index in [1.807, 2.05) is 0 Å². The van der Waals surface area contributed by atoms with Gasteiger partial charge in [-0.05, 0) is 25.0 Å². The Kier molecular flexibility index (Phi) is 4.38. The van der Waals surface area contributed by atoms with Crippen LogP contribution in [-0.4, -0.2) is 39.0 Å². The number of benzene rings is 1. The summed E-state index contributed by atoms with van der Waals surface area (Å²) < 4.78 is 45.0. The summed E-state index contributed by atoms with van der Waals surface area (Å²) in [5, 5.41) is 8.96. The van der Waals surface area contributed by atoms with Crippen molar-refractivity contribution in [1.82, 2.24) is 4.31 Å². The second kappa shape index (κ2) is 5.87. The molecule has 0 aromatic heterocycles. The van der Waals surface area contributed by atoms with Crippen LogP contribution in [0.25, 0.3) is 0 Å². The van der Waals surface area contributed by atoms with Crippen molar-refractivity contribution in [3.05, 3.63) is 29.6 Å². The van der Waals surface area contributed by atoms with Crippen LogP contribution < -0.4 is 0 Å². The Hall–Kier alpha value is -1.49. The predicted molar refractivity (Wildman–Crippen MR) is 69.9 cm³/mol. The smallest absolute Gasteiger partial charge is 0.244 e. The molecule has 5 nitrogen and oxygen atoms in total. The summed E-state index contributed by atoms with van der Waals surface area (Å²) in [5.74, 6) is -0.825. The molecule has 1 aliphatic rings. The minimum atomic E-state index is -3.89. The van der Waals surface area contributed by atoms with E-state index in [0.29, 0.717) is 26.1 Å². The van der Waals surface area contributed by atoms with E-state index in [9.17, 15) is 12.8 Å². The zero-order valence-corrected chi connectivity index (χ0v) is 11.9. The molecule has 1 saturated heterocycles. The highest BCUT2D eigenvalue weighted by atomic mass is 32.2. The second-order valence-electron chi connectivity index (χ2n) is 4.59. The molecule has 0 bridgehead atoms. The van der Waals surface area contributed by atoms with Gasteiger partial charge in [-0.2, -0.15) is 9.57 Å². The SMILES string of the molecule is CN(C1CCOCC1)S(=O)(=O)c1cccc(F)c1C#N. The summed E-state index contributed by atoms with van der Waals surface area (Å²) in [6.45, 7) is 0.998. The van der Waals surface area contributed by atoms with E-state index < -0.39 is 21.4 Å². The van der Waals surface area contributed by atoms with Crippen molar-refractivity contribution in [1.29, 1.82) is 5.26 Å². The molecule has 1 aromatic rings. The largest absolute Gasteiger partial charge is 0.381 e. The van der Waals surface area contributed by atoms with Crippen LogP contribution in [0, 0.1) is 17.1 Å². The summed E-state index contributed by atoms with van der Waals surface area (Å²) in [7, 11) is -2.43. The molecule has 108 valence electrons. The Bertz CT molecular complexity index is 634. The van der Waals surface area contributed by atoms with Gasteiger partial charge in [0.25, 0.3) is 0 Å². The maximum atomic E-state index is 13.6. The van der Waals surface area contributed by atoms with Gasteiger partial charge in [0.1, 0.15) is 22.3 Å². The first-order chi connectivity index (χ1) is 9.48. The van der Waals surface area contributed by atoms with E-state index in [4.69, 9.17) is 10.00 Å². The van der Waals surface area contributed by atoms with Gasteiger partial charge in [-0.25, -0.2) is 12.8 Å². The quantitative estimate of drug-likeness (QED) is 0.848. The van der Waals surface area contributed by atoms with Crippen LogP contribution in [0.15, 0.2) is 23.1 Å². The number of nitrogens with zero attached hydrogens (tertiary/aromatic N) is 2. The molecule has 0 N–H and O–H groups in total. The van der Waals surface area contributed by atoms with Crippen LogP contribution in [-0.2, 0) is 14.8 Å². The number of halogens is 1. The van der Waals surface area contributed by atoms with E-state index in [1.165, 1.54) is 23.5 Å². The number of nitriles is 1. The fourth-order valence-corrected chi connectivity index (χ4v) is 3.79. The molecule has 1 aromatic carbocycles. The fraction of sp³-hybridized carbons (Fsp3) is 0.462. The van der Waals surface area contributed by atoms with E-state index in [0.717, 1.165) is 6.07 Å². The highest BCUT2D eigenvalue weighted by Gasteiger charge is 2.31. The van der Waals surface area contributed by atoms with Gasteiger partial charge in [0.15, 0.2) is 0 Å². The van der Waals surface area contributed by atoms with Crippen LogP contribution in [0.5, 0.6) is 0 Å². The molecule has 1 fully saturated rings. The van der Waals surface area contributed by atoms with Gasteiger partial charge in [-0.15, -0.1) is 0 Å². The fourth-order valence-electron chi connectivity index (χ4n) is 2.23. The number of hydrogen-bond acceptors (Lipinski definition) is 4. The lowest BCUT2D eigenvalue weighted by atomic mass is 10.1. The molecular weight excluding hydrogens is 283 g/mol. The molecular formula is C13H15FN2O3S. The van der Waals surface area contributed by atoms with Crippen molar-refractivity contribution < 1.29 is 17.5 Å². The molecule has 0 aliphatic carbocycles. The van der Waals surface area contributed by atoms with E-state index in [2.05, 4.69) is 0 Å². The Morgan fingerprint density at radius 2 is 2.05 bits per heavy atom. The third kappa shape index (κ3) is 2.68. The van der Waals surface area contributed by atoms with E-state index >= 15 is 0 Å². The molecule has 0 atom stereocenters. The van der Waals surface area contributed by atoms with Crippen LogP contribution in [0.2, 0.25) is 0 Å². The summed E-state index contributed by atoms with van der Waals surface area (Å²) >= 11 is 0. The Balaban J connectivity index is 2.40. The Morgan fingerprint density at radius 1 is 1.40 bits per heavy atom. The lowest BCUT2D eigenvalue weighted by Crippen LogP contribution is -2.40. The number of hydrogen-bond donors (Lipinski definition) is 0. The lowest BCUT2D eigenvalue weighted by molar-refractivity contribution is 0.0632. The summed E-state index contributed by atoms with van der Waals surface area (Å²) in [4.78, 5) is -0.283. The average molecular weight is 298 g/mol. The maximum Gasteiger partial charge on any atom is 0.244 e. The standard InChI is InChI=1S/C13H15FN2O3S/c1-16(10-5-7-19-8-6-10)20(17,18)13-4-2-3-12(14)11(13)9-15/h2-4,10H,5-8H2,1H3. The van der Waals surface area contributed by atoms with Gasteiger partial charge >= 0.3 is 0 Å². The predicted octanol–water partition coefficient (Wildman–Crippen LogP) is 1.50. The minimum absolute atomic E-state index is 0.191. The van der Waals surface area contributed by atoms with Gasteiger partial charge in [0.2, 0.25) is 10.0 Å². The van der Waals surface area contributed by atoms with Crippen molar-refractivity contribution in [2.75, 3.05) is 20.3 Å². The Labute approximate surface area is 117 Å². The zero-order valence-electron chi connectivity index (χ0n) is 11.0. The molecule has 20 heavy (non-hydrogen) atoms. The molecule has 0 unspecified atom stereocenters. The summed E-state index contributed by atoms with van der Waals surface area (Å²) in [5.41, 5.74) is -0.439. The number of rotatable bonds is 3. The molecule has 1 heterocycles. The van der Waals surface area contributed by atoms with Gasteiger partial charge in [0, 0.05) is 26.3 Å². The minimum Gasteiger partial charge on any atom is -0.381 e. The normalized spacial score (nSPS) is 17.1. The van der Waals surface area contributed by atoms with Crippen LogP contribution >= 0.6 is 0 Å². The molecule has 0 spiro atoms. The molecule has 0 saturated carbocycles. The highest BCUT2D eigenvalue weighted by Crippen LogP contribution is 2.25. The average Bonchev–Trinajstić information content (AvgIpc) is 2.47. The third-order valence-electron chi connectivity index (χ3n) is 3.45. The lowest BCUT2D eigenvalue weighted by Gasteiger charge is -2.30. The maximum absolute atomic E-state index is 13.6. The van der Waals surface area contributed by atoms with E-state index in [1.54, 1.807) is 6.07 Å². The van der Waals surface area contributed by atoms with Gasteiger partial charge in [-0.1, -0.05) is 6.07 Å². The summed E-state index contributed by atoms with van der Waals surface area (Å²) in [6.07, 6.45) is 1.18. The van der Waals surface area contributed by atoms with Crippen LogP contribution in [0.3, 0.4) is 0 Å². The van der Waals surface area contributed by atoms with Crippen molar-refractivity contribution in [3.63, 3.8) is 0 Å². The number of ether oxygens (including phenoxy) is 1. The molecule has 1 aliphatic heterocycles. The van der Waals surface area contributed by atoms with Crippen molar-refractivity contribution >= 4 is 10.0 Å². The third-order valence-corrected chi connectivity index (χ3v) is 5.40. The zero-order chi connectivity index (χ0) is 14.8. The molecule has 7 heteroatoms. The van der Waals surface area contributed by atoms with Crippen LogP contribution in [0.1, 0.15) is 18.4 Å². The molecule has 2 rings (SSSR count). The second-order valence-corrected chi connectivity index (χ2v) is 6.56. The number of sulfonamides is 1. The summed E-state index contributed by atoms with van der Waals surface area (Å²) in [6, 6.07) is 5.06. The monoisotopic (exact) mass is 298 g/mol. The topological polar surface area (TPSA) is 70.4 Å². The van der Waals surface area contributed by atoms with E-state index in [-0.39, 0.29) is 10.9 Å². The first-order valence-corrected chi connectivity index (χ1v) is 7.67. The first kappa shape index (κ1) is 14.9. The van der Waals surface area contributed by atoms with Crippen molar-refractivity contribution in [2.45, 2.75) is 23.8 Å². The van der Waals surface area contributed by atoms with Gasteiger partial charge in [0.05, 0.1) is 0 Å². The highest BCUT2D eigenvalue weighted by molar-refractivity contribution is 7.89. The van der Waals surface area contributed by atoms with Crippen molar-refractivity contribution in [2.24, 2.45) is 0 Å². The molecule has 0 radical (unpaired) electrons.